The maximum Gasteiger partial charge on any atom is 0.257 e. The average molecular weight is 317 g/mol. The molecule has 0 bridgehead atoms. The molecule has 6 heteroatoms. The number of phenols is 1. The minimum absolute atomic E-state index is 0.0762. The summed E-state index contributed by atoms with van der Waals surface area (Å²) in [6.45, 7) is 0.519. The first-order valence-corrected chi connectivity index (χ1v) is 7.17. The van der Waals surface area contributed by atoms with Gasteiger partial charge in [-0.1, -0.05) is 12.1 Å². The third-order valence-corrected chi connectivity index (χ3v) is 3.72. The second-order valence-corrected chi connectivity index (χ2v) is 5.33. The van der Waals surface area contributed by atoms with Crippen LogP contribution in [-0.4, -0.2) is 36.3 Å². The first-order valence-electron chi connectivity index (χ1n) is 7.17. The highest BCUT2D eigenvalue weighted by Gasteiger charge is 2.22. The van der Waals surface area contributed by atoms with E-state index in [2.05, 4.69) is 0 Å². The molecule has 0 unspecified atom stereocenters. The number of hydrogen-bond acceptors (Lipinski definition) is 4. The number of amides is 1. The zero-order valence-corrected chi connectivity index (χ0v) is 12.6. The fraction of sp³-hybridized carbons (Fsp3) is 0.235. The molecule has 0 fully saturated rings. The van der Waals surface area contributed by atoms with Crippen molar-refractivity contribution in [1.29, 1.82) is 0 Å². The second kappa shape index (κ2) is 6.16. The molecule has 1 aliphatic rings. The van der Waals surface area contributed by atoms with Crippen molar-refractivity contribution in [3.05, 3.63) is 53.3 Å². The van der Waals surface area contributed by atoms with Gasteiger partial charge in [0.15, 0.2) is 11.5 Å². The maximum atomic E-state index is 12.9. The highest BCUT2D eigenvalue weighted by Crippen LogP contribution is 2.37. The van der Waals surface area contributed by atoms with Crippen LogP contribution in [0.25, 0.3) is 0 Å². The van der Waals surface area contributed by atoms with Crippen LogP contribution in [0.5, 0.6) is 17.2 Å². The molecule has 1 amide bonds. The highest BCUT2D eigenvalue weighted by molar-refractivity contribution is 5.97. The number of ether oxygens (including phenoxy) is 2. The topological polar surface area (TPSA) is 59.0 Å². The van der Waals surface area contributed by atoms with Gasteiger partial charge >= 0.3 is 0 Å². The fourth-order valence-electron chi connectivity index (χ4n) is 2.36. The van der Waals surface area contributed by atoms with Crippen molar-refractivity contribution < 1.29 is 23.8 Å². The molecule has 23 heavy (non-hydrogen) atoms. The van der Waals surface area contributed by atoms with Gasteiger partial charge in [-0.3, -0.25) is 4.79 Å². The van der Waals surface area contributed by atoms with Gasteiger partial charge in [0, 0.05) is 25.7 Å². The summed E-state index contributed by atoms with van der Waals surface area (Å²) in [5, 5.41) is 9.99. The summed E-state index contributed by atoms with van der Waals surface area (Å²) in [4.78, 5) is 14.0. The largest absolute Gasteiger partial charge is 0.507 e. The Morgan fingerprint density at radius 2 is 1.87 bits per heavy atom. The van der Waals surface area contributed by atoms with Gasteiger partial charge < -0.3 is 19.5 Å². The molecule has 0 aliphatic carbocycles. The van der Waals surface area contributed by atoms with Gasteiger partial charge in [0.25, 0.3) is 5.91 Å². The molecule has 5 nitrogen and oxygen atoms in total. The van der Waals surface area contributed by atoms with E-state index >= 15 is 0 Å². The number of hydrogen-bond donors (Lipinski definition) is 1. The zero-order chi connectivity index (χ0) is 16.4. The van der Waals surface area contributed by atoms with Crippen molar-refractivity contribution in [2.75, 3.05) is 20.4 Å². The Morgan fingerprint density at radius 3 is 2.57 bits per heavy atom. The van der Waals surface area contributed by atoms with Crippen LogP contribution in [0.2, 0.25) is 0 Å². The van der Waals surface area contributed by atoms with Gasteiger partial charge in [-0.15, -0.1) is 0 Å². The first kappa shape index (κ1) is 15.1. The summed E-state index contributed by atoms with van der Waals surface area (Å²) < 4.78 is 23.3. The van der Waals surface area contributed by atoms with Crippen molar-refractivity contribution in [2.24, 2.45) is 0 Å². The van der Waals surface area contributed by atoms with Crippen LogP contribution >= 0.6 is 0 Å². The molecule has 0 saturated heterocycles. The predicted octanol–water partition coefficient (Wildman–Crippen LogP) is 2.57. The smallest absolute Gasteiger partial charge is 0.257 e. The zero-order valence-electron chi connectivity index (χ0n) is 12.6. The second-order valence-electron chi connectivity index (χ2n) is 5.33. The molecule has 2 aromatic rings. The fourth-order valence-corrected chi connectivity index (χ4v) is 2.36. The van der Waals surface area contributed by atoms with E-state index in [0.29, 0.717) is 24.5 Å². The van der Waals surface area contributed by atoms with E-state index in [1.54, 1.807) is 19.2 Å². The number of benzene rings is 2. The van der Waals surface area contributed by atoms with Gasteiger partial charge in [-0.05, 0) is 24.1 Å². The molecule has 120 valence electrons. The monoisotopic (exact) mass is 317 g/mol. The van der Waals surface area contributed by atoms with E-state index in [1.165, 1.54) is 29.2 Å². The number of likely N-dealkylation sites (N-methyl/N-ethyl adjacent to an activating group) is 1. The molecular formula is C17H16FNO4. The van der Waals surface area contributed by atoms with E-state index in [1.807, 2.05) is 0 Å². The predicted molar refractivity (Wildman–Crippen MR) is 81.3 cm³/mol. The normalized spacial score (nSPS) is 12.3. The summed E-state index contributed by atoms with van der Waals surface area (Å²) in [5.74, 6) is 0.116. The van der Waals surface area contributed by atoms with Gasteiger partial charge in [0.05, 0.1) is 5.56 Å². The maximum absolute atomic E-state index is 12.9. The quantitative estimate of drug-likeness (QED) is 0.941. The summed E-state index contributed by atoms with van der Waals surface area (Å²) >= 11 is 0. The lowest BCUT2D eigenvalue weighted by Crippen LogP contribution is -2.28. The summed E-state index contributed by atoms with van der Waals surface area (Å²) in [6.07, 6.45) is 0.591. The van der Waals surface area contributed by atoms with E-state index in [4.69, 9.17) is 9.47 Å². The van der Waals surface area contributed by atoms with Crippen molar-refractivity contribution >= 4 is 5.91 Å². The Hall–Kier alpha value is -2.76. The first-order chi connectivity index (χ1) is 11.0. The number of nitrogens with zero attached hydrogens (tertiary/aromatic N) is 1. The van der Waals surface area contributed by atoms with Crippen LogP contribution in [0.4, 0.5) is 4.39 Å². The van der Waals surface area contributed by atoms with Crippen LogP contribution in [0.15, 0.2) is 36.4 Å². The molecule has 2 aromatic carbocycles. The Kier molecular flexibility index (Phi) is 4.06. The lowest BCUT2D eigenvalue weighted by atomic mass is 10.1. The van der Waals surface area contributed by atoms with E-state index in [9.17, 15) is 14.3 Å². The SMILES string of the molecule is CN(CCc1ccc(F)cc1)C(=O)c1cc2c(cc1O)OCO2. The summed E-state index contributed by atoms with van der Waals surface area (Å²) in [6, 6.07) is 9.01. The number of phenolic OH excluding ortho intramolecular Hbond substituents is 1. The van der Waals surface area contributed by atoms with E-state index in [0.717, 1.165) is 5.56 Å². The molecule has 0 radical (unpaired) electrons. The van der Waals surface area contributed by atoms with Crippen LogP contribution < -0.4 is 9.47 Å². The molecule has 3 rings (SSSR count). The van der Waals surface area contributed by atoms with Gasteiger partial charge in [-0.25, -0.2) is 4.39 Å². The van der Waals surface area contributed by atoms with E-state index in [-0.39, 0.29) is 29.8 Å². The number of fused-ring (bicyclic) bond motifs is 1. The molecular weight excluding hydrogens is 301 g/mol. The lowest BCUT2D eigenvalue weighted by Gasteiger charge is -2.18. The molecule has 0 saturated carbocycles. The van der Waals surface area contributed by atoms with Gasteiger partial charge in [0.1, 0.15) is 11.6 Å². The Bertz CT molecular complexity index is 730. The van der Waals surface area contributed by atoms with Crippen LogP contribution in [0.1, 0.15) is 15.9 Å². The lowest BCUT2D eigenvalue weighted by molar-refractivity contribution is 0.0793. The van der Waals surface area contributed by atoms with Crippen LogP contribution in [0, 0.1) is 5.82 Å². The van der Waals surface area contributed by atoms with Crippen LogP contribution in [-0.2, 0) is 6.42 Å². The average Bonchev–Trinajstić information content (AvgIpc) is 2.99. The molecule has 0 aromatic heterocycles. The number of carbonyl (C=O) groups excluding carboxylic acids is 1. The Morgan fingerprint density at radius 1 is 1.22 bits per heavy atom. The summed E-state index contributed by atoms with van der Waals surface area (Å²) in [7, 11) is 1.65. The summed E-state index contributed by atoms with van der Waals surface area (Å²) in [5.41, 5.74) is 1.09. The van der Waals surface area contributed by atoms with E-state index < -0.39 is 0 Å². The Balaban J connectivity index is 1.69. The number of carbonyl (C=O) groups is 1. The molecule has 0 spiro atoms. The molecule has 1 heterocycles. The molecule has 1 aliphatic heterocycles. The molecule has 1 N–H and O–H groups in total. The van der Waals surface area contributed by atoms with Gasteiger partial charge in [0.2, 0.25) is 6.79 Å². The van der Waals surface area contributed by atoms with Crippen LogP contribution in [0.3, 0.4) is 0 Å². The minimum atomic E-state index is -0.317. The van der Waals surface area contributed by atoms with Crippen molar-refractivity contribution in [3.63, 3.8) is 0 Å². The molecule has 0 atom stereocenters. The van der Waals surface area contributed by atoms with Crippen molar-refractivity contribution in [3.8, 4) is 17.2 Å². The van der Waals surface area contributed by atoms with Crippen molar-refractivity contribution in [1.82, 2.24) is 4.90 Å². The highest BCUT2D eigenvalue weighted by atomic mass is 19.1. The third-order valence-electron chi connectivity index (χ3n) is 3.72. The minimum Gasteiger partial charge on any atom is -0.507 e. The number of rotatable bonds is 4. The number of aromatic hydroxyl groups is 1. The van der Waals surface area contributed by atoms with Crippen molar-refractivity contribution in [2.45, 2.75) is 6.42 Å². The standard InChI is InChI=1S/C17H16FNO4/c1-19(7-6-11-2-4-12(18)5-3-11)17(21)13-8-15-16(9-14(13)20)23-10-22-15/h2-5,8-9,20H,6-7,10H2,1H3. The van der Waals surface area contributed by atoms with Gasteiger partial charge in [-0.2, -0.15) is 0 Å². The number of halogens is 1. The third kappa shape index (κ3) is 3.21. The Labute approximate surface area is 132 Å².